The van der Waals surface area contributed by atoms with Crippen molar-refractivity contribution in [3.8, 4) is 17.2 Å². The molecule has 40 heavy (non-hydrogen) atoms. The lowest BCUT2D eigenvalue weighted by Crippen LogP contribution is -2.04. The predicted octanol–water partition coefficient (Wildman–Crippen LogP) is 9.31. The number of benzene rings is 5. The zero-order chi connectivity index (χ0) is 30.6. The lowest BCUT2D eigenvalue weighted by Gasteiger charge is -2.12. The number of aromatic nitrogens is 4. The highest BCUT2D eigenvalue weighted by Crippen LogP contribution is 2.47. The van der Waals surface area contributed by atoms with Crippen molar-refractivity contribution in [1.29, 1.82) is 0 Å². The van der Waals surface area contributed by atoms with E-state index in [1.807, 2.05) is 22.8 Å². The zero-order valence-electron chi connectivity index (χ0n) is 25.9. The highest BCUT2D eigenvalue weighted by molar-refractivity contribution is 7.27. The Kier molecular flexibility index (Phi) is 3.57. The predicted molar refractivity (Wildman–Crippen MR) is 168 cm³/mol. The molecule has 0 unspecified atom stereocenters. The molecule has 0 aliphatic heterocycles. The van der Waals surface area contributed by atoms with E-state index in [1.54, 1.807) is 29.7 Å². The van der Waals surface area contributed by atoms with E-state index in [2.05, 4.69) is 59.6 Å². The monoisotopic (exact) mass is 533 g/mol. The van der Waals surface area contributed by atoms with Crippen LogP contribution in [0.15, 0.2) is 121 Å². The first-order valence-corrected chi connectivity index (χ1v) is 13.7. The molecule has 0 radical (unpaired) electrons. The number of hydrogen-bond acceptors (Lipinski definition) is 4. The molecule has 0 saturated carbocycles. The molecule has 9 aromatic rings. The van der Waals surface area contributed by atoms with Crippen molar-refractivity contribution in [3.05, 3.63) is 121 Å². The normalized spacial score (nSPS) is 13.8. The molecule has 0 amide bonds. The lowest BCUT2D eigenvalue weighted by atomic mass is 9.99. The molecule has 0 spiro atoms. The number of thiophene rings is 1. The Balaban J connectivity index is 1.52. The molecule has 4 aromatic heterocycles. The van der Waals surface area contributed by atoms with Crippen LogP contribution in [0.3, 0.4) is 0 Å². The Morgan fingerprint density at radius 1 is 0.650 bits per heavy atom. The van der Waals surface area contributed by atoms with Gasteiger partial charge in [0.1, 0.15) is 0 Å². The second-order valence-electron chi connectivity index (χ2n) is 9.67. The lowest BCUT2D eigenvalue weighted by molar-refractivity contribution is 1.01. The van der Waals surface area contributed by atoms with E-state index in [-0.39, 0.29) is 23.3 Å². The molecular formula is C35H20N4S. The molecule has 9 rings (SSSR count). The SMILES string of the molecule is [2H]c1c([2H])c([2H])c(-c2nc(-n3c4ccccc4c4c5ccccc5c5c6ccccc6sc5c43)nc3ncccc23)c([2H])c1[2H]. The Hall–Kier alpha value is -5.13. The van der Waals surface area contributed by atoms with Gasteiger partial charge in [0.15, 0.2) is 5.65 Å². The van der Waals surface area contributed by atoms with Gasteiger partial charge in [-0.3, -0.25) is 4.57 Å². The molecule has 0 N–H and O–H groups in total. The molecule has 0 bridgehead atoms. The Morgan fingerprint density at radius 2 is 1.35 bits per heavy atom. The molecule has 0 atom stereocenters. The quantitative estimate of drug-likeness (QED) is 0.222. The third-order valence-electron chi connectivity index (χ3n) is 7.55. The van der Waals surface area contributed by atoms with Gasteiger partial charge in [-0.1, -0.05) is 90.9 Å². The van der Waals surface area contributed by atoms with Crippen LogP contribution in [-0.2, 0) is 0 Å². The second kappa shape index (κ2) is 8.18. The zero-order valence-corrected chi connectivity index (χ0v) is 21.7. The first kappa shape index (κ1) is 17.5. The van der Waals surface area contributed by atoms with E-state index in [1.165, 1.54) is 15.5 Å². The molecule has 0 aliphatic rings. The summed E-state index contributed by atoms with van der Waals surface area (Å²) in [6, 6.07) is 26.6. The van der Waals surface area contributed by atoms with Gasteiger partial charge in [0.05, 0.1) is 28.3 Å². The molecule has 0 aliphatic carbocycles. The molecule has 0 fully saturated rings. The van der Waals surface area contributed by atoms with Gasteiger partial charge in [-0.2, -0.15) is 4.98 Å². The number of fused-ring (bicyclic) bond motifs is 11. The molecule has 5 aromatic carbocycles. The van der Waals surface area contributed by atoms with Crippen LogP contribution in [0.25, 0.3) is 81.0 Å². The third-order valence-corrected chi connectivity index (χ3v) is 8.72. The maximum Gasteiger partial charge on any atom is 0.237 e. The summed E-state index contributed by atoms with van der Waals surface area (Å²) in [7, 11) is 0. The number of pyridine rings is 1. The Morgan fingerprint density at radius 3 is 2.20 bits per heavy atom. The van der Waals surface area contributed by atoms with Crippen molar-refractivity contribution in [2.45, 2.75) is 0 Å². The molecule has 5 heteroatoms. The fourth-order valence-electron chi connectivity index (χ4n) is 5.94. The summed E-state index contributed by atoms with van der Waals surface area (Å²) in [5.41, 5.74) is 2.46. The number of para-hydroxylation sites is 1. The van der Waals surface area contributed by atoms with Crippen LogP contribution >= 0.6 is 11.3 Å². The maximum atomic E-state index is 8.76. The fraction of sp³-hybridized carbons (Fsp3) is 0. The highest BCUT2D eigenvalue weighted by atomic mass is 32.1. The minimum atomic E-state index is -0.452. The summed E-state index contributed by atoms with van der Waals surface area (Å²) in [5, 5.41) is 7.23. The average Bonchev–Trinajstić information content (AvgIpc) is 3.63. The van der Waals surface area contributed by atoms with Crippen LogP contribution in [0.2, 0.25) is 0 Å². The van der Waals surface area contributed by atoms with E-state index in [9.17, 15) is 0 Å². The molecule has 4 nitrogen and oxygen atoms in total. The van der Waals surface area contributed by atoms with Gasteiger partial charge in [-0.25, -0.2) is 9.97 Å². The van der Waals surface area contributed by atoms with Crippen molar-refractivity contribution in [2.24, 2.45) is 0 Å². The average molecular weight is 534 g/mol. The van der Waals surface area contributed by atoms with Gasteiger partial charge in [0.2, 0.25) is 5.95 Å². The fourth-order valence-corrected chi connectivity index (χ4v) is 7.20. The van der Waals surface area contributed by atoms with Crippen molar-refractivity contribution >= 4 is 75.1 Å². The summed E-state index contributed by atoms with van der Waals surface area (Å²) < 4.78 is 46.7. The van der Waals surface area contributed by atoms with Gasteiger partial charge in [-0.05, 0) is 35.0 Å². The van der Waals surface area contributed by atoms with Gasteiger partial charge < -0.3 is 0 Å². The summed E-state index contributed by atoms with van der Waals surface area (Å²) in [6.07, 6.45) is 1.63. The first-order valence-electron chi connectivity index (χ1n) is 15.4. The summed E-state index contributed by atoms with van der Waals surface area (Å²) in [6.45, 7) is 0. The highest BCUT2D eigenvalue weighted by Gasteiger charge is 2.23. The Labute approximate surface area is 239 Å². The Bertz CT molecular complexity index is 2700. The van der Waals surface area contributed by atoms with Crippen molar-refractivity contribution < 1.29 is 6.85 Å². The summed E-state index contributed by atoms with van der Waals surface area (Å²) >= 11 is 1.72. The van der Waals surface area contributed by atoms with Crippen molar-refractivity contribution in [3.63, 3.8) is 0 Å². The number of nitrogens with zero attached hydrogens (tertiary/aromatic N) is 4. The largest absolute Gasteiger partial charge is 0.276 e. The molecule has 4 heterocycles. The molecule has 0 saturated heterocycles. The minimum absolute atomic E-state index is 0.0147. The van der Waals surface area contributed by atoms with Crippen LogP contribution in [0.5, 0.6) is 0 Å². The van der Waals surface area contributed by atoms with E-state index in [0.29, 0.717) is 17.0 Å². The van der Waals surface area contributed by atoms with Gasteiger partial charge in [0, 0.05) is 43.4 Å². The second-order valence-corrected chi connectivity index (χ2v) is 10.7. The molecule has 186 valence electrons. The smallest absolute Gasteiger partial charge is 0.237 e. The summed E-state index contributed by atoms with van der Waals surface area (Å²) in [4.78, 5) is 14.5. The number of rotatable bonds is 2. The van der Waals surface area contributed by atoms with E-state index in [4.69, 9.17) is 16.8 Å². The topological polar surface area (TPSA) is 43.6 Å². The van der Waals surface area contributed by atoms with Crippen molar-refractivity contribution in [1.82, 2.24) is 19.5 Å². The van der Waals surface area contributed by atoms with E-state index in [0.717, 1.165) is 37.3 Å². The van der Waals surface area contributed by atoms with Gasteiger partial charge in [-0.15, -0.1) is 11.3 Å². The van der Waals surface area contributed by atoms with E-state index < -0.39 is 18.1 Å². The molecular weight excluding hydrogens is 508 g/mol. The first-order chi connectivity index (χ1) is 21.9. The van der Waals surface area contributed by atoms with Crippen LogP contribution in [0, 0.1) is 0 Å². The maximum absolute atomic E-state index is 8.76. The minimum Gasteiger partial charge on any atom is -0.276 e. The summed E-state index contributed by atoms with van der Waals surface area (Å²) in [5.74, 6) is 0.309. The van der Waals surface area contributed by atoms with Crippen molar-refractivity contribution in [2.75, 3.05) is 0 Å². The van der Waals surface area contributed by atoms with Crippen LogP contribution < -0.4 is 0 Å². The number of hydrogen-bond donors (Lipinski definition) is 0. The van der Waals surface area contributed by atoms with Gasteiger partial charge in [0.25, 0.3) is 0 Å². The van der Waals surface area contributed by atoms with E-state index >= 15 is 0 Å². The third kappa shape index (κ3) is 2.92. The van der Waals surface area contributed by atoms with Crippen LogP contribution in [0.4, 0.5) is 0 Å². The van der Waals surface area contributed by atoms with Crippen LogP contribution in [0.1, 0.15) is 6.85 Å². The van der Waals surface area contributed by atoms with Crippen LogP contribution in [-0.4, -0.2) is 19.5 Å². The standard InChI is InChI=1S/C35H20N4S/c1-2-11-21(12-3-1)31-26-17-10-20-36-34(26)38-35(37-31)39-27-18-8-6-15-24(27)29-22-13-4-5-14-23(22)30-25-16-7-9-19-28(25)40-33(30)32(29)39/h1-20H/i1D,2D,3D,11D,12D. The van der Waals surface area contributed by atoms with Gasteiger partial charge >= 0.3 is 0 Å².